The maximum atomic E-state index is 12.1. The van der Waals surface area contributed by atoms with Crippen molar-refractivity contribution in [3.8, 4) is 0 Å². The van der Waals surface area contributed by atoms with Gasteiger partial charge in [0.2, 0.25) is 0 Å². The Bertz CT molecular complexity index is 565. The number of nitrogens with one attached hydrogen (secondary N) is 2. The van der Waals surface area contributed by atoms with Crippen LogP contribution in [0, 0.1) is 6.92 Å². The van der Waals surface area contributed by atoms with E-state index in [1.165, 1.54) is 0 Å². The number of hydrogen-bond donors (Lipinski definition) is 2. The lowest BCUT2D eigenvalue weighted by Gasteiger charge is -2.29. The molecule has 1 fully saturated rings. The lowest BCUT2D eigenvalue weighted by molar-refractivity contribution is 0.244. The summed E-state index contributed by atoms with van der Waals surface area (Å²) in [4.78, 5) is 12.1. The van der Waals surface area contributed by atoms with Gasteiger partial charge in [0.25, 0.3) is 0 Å². The summed E-state index contributed by atoms with van der Waals surface area (Å²) in [5.41, 5.74) is 1.54. The van der Waals surface area contributed by atoms with Gasteiger partial charge < -0.3 is 10.6 Å². The number of carbonyl (C=O) groups is 1. The van der Waals surface area contributed by atoms with Crippen LogP contribution < -0.4 is 10.6 Å². The van der Waals surface area contributed by atoms with Crippen LogP contribution in [0.2, 0.25) is 5.02 Å². The monoisotopic (exact) mass is 342 g/mol. The number of anilines is 1. The van der Waals surface area contributed by atoms with Crippen LogP contribution in [0.1, 0.15) is 38.2 Å². The number of hydrogen-bond acceptors (Lipinski definition) is 2. The molecule has 0 radical (unpaired) electrons. The molecule has 1 aromatic rings. The summed E-state index contributed by atoms with van der Waals surface area (Å²) >= 11 is 6.18. The van der Waals surface area contributed by atoms with Crippen LogP contribution in [0.3, 0.4) is 0 Å². The molecule has 0 heterocycles. The molecular formula is C16H23ClN2O2S. The van der Waals surface area contributed by atoms with Crippen molar-refractivity contribution in [2.75, 3.05) is 11.1 Å². The highest BCUT2D eigenvalue weighted by molar-refractivity contribution is 7.85. The molecular weight excluding hydrogens is 320 g/mol. The van der Waals surface area contributed by atoms with E-state index >= 15 is 0 Å². The third kappa shape index (κ3) is 4.46. The Morgan fingerprint density at radius 3 is 2.91 bits per heavy atom. The van der Waals surface area contributed by atoms with E-state index in [1.807, 2.05) is 26.0 Å². The van der Waals surface area contributed by atoms with E-state index in [1.54, 1.807) is 6.07 Å². The second kappa shape index (κ2) is 7.97. The number of carbonyl (C=O) groups excluding carboxylic acids is 1. The van der Waals surface area contributed by atoms with Crippen LogP contribution in [-0.2, 0) is 10.8 Å². The third-order valence-corrected chi connectivity index (χ3v) is 6.30. The summed E-state index contributed by atoms with van der Waals surface area (Å²) in [6.07, 6.45) is 3.72. The molecule has 0 unspecified atom stereocenters. The van der Waals surface area contributed by atoms with E-state index in [0.29, 0.717) is 16.5 Å². The molecule has 0 aromatic heterocycles. The Kier molecular flexibility index (Phi) is 6.26. The summed E-state index contributed by atoms with van der Waals surface area (Å²) in [5.74, 6) is 0.683. The van der Waals surface area contributed by atoms with Crippen molar-refractivity contribution in [3.05, 3.63) is 28.8 Å². The predicted molar refractivity (Wildman–Crippen MR) is 93.1 cm³/mol. The minimum atomic E-state index is -0.786. The molecule has 2 N–H and O–H groups in total. The van der Waals surface area contributed by atoms with Crippen molar-refractivity contribution in [2.45, 2.75) is 50.8 Å². The maximum absolute atomic E-state index is 12.1. The molecule has 122 valence electrons. The van der Waals surface area contributed by atoms with Crippen molar-refractivity contribution < 1.29 is 9.00 Å². The molecule has 1 aliphatic rings. The van der Waals surface area contributed by atoms with Gasteiger partial charge in [0.05, 0.1) is 10.7 Å². The van der Waals surface area contributed by atoms with E-state index in [-0.39, 0.29) is 17.3 Å². The average molecular weight is 343 g/mol. The Morgan fingerprint density at radius 1 is 1.41 bits per heavy atom. The van der Waals surface area contributed by atoms with Gasteiger partial charge in [-0.05, 0) is 37.8 Å². The fourth-order valence-electron chi connectivity index (χ4n) is 2.84. The van der Waals surface area contributed by atoms with Gasteiger partial charge in [-0.15, -0.1) is 0 Å². The molecule has 0 spiro atoms. The van der Waals surface area contributed by atoms with Gasteiger partial charge >= 0.3 is 6.03 Å². The fourth-order valence-corrected chi connectivity index (χ4v) is 4.36. The summed E-state index contributed by atoms with van der Waals surface area (Å²) in [5, 5.41) is 6.54. The second-order valence-electron chi connectivity index (χ2n) is 5.69. The molecule has 22 heavy (non-hydrogen) atoms. The first kappa shape index (κ1) is 17.3. The lowest BCUT2D eigenvalue weighted by atomic mass is 9.95. The third-order valence-electron chi connectivity index (χ3n) is 4.06. The van der Waals surface area contributed by atoms with Crippen LogP contribution in [-0.4, -0.2) is 27.3 Å². The van der Waals surface area contributed by atoms with Crippen LogP contribution >= 0.6 is 11.6 Å². The molecule has 4 nitrogen and oxygen atoms in total. The van der Waals surface area contributed by atoms with E-state index in [2.05, 4.69) is 10.6 Å². The zero-order valence-electron chi connectivity index (χ0n) is 13.0. The maximum Gasteiger partial charge on any atom is 0.319 e. The molecule has 0 bridgehead atoms. The highest BCUT2D eigenvalue weighted by Crippen LogP contribution is 2.26. The van der Waals surface area contributed by atoms with Gasteiger partial charge in [0.15, 0.2) is 0 Å². The first-order chi connectivity index (χ1) is 10.5. The number of halogens is 1. The quantitative estimate of drug-likeness (QED) is 0.873. The molecule has 0 aliphatic heterocycles. The molecule has 1 saturated carbocycles. The zero-order chi connectivity index (χ0) is 16.1. The minimum Gasteiger partial charge on any atom is -0.335 e. The van der Waals surface area contributed by atoms with E-state index in [9.17, 15) is 9.00 Å². The van der Waals surface area contributed by atoms with E-state index in [4.69, 9.17) is 11.6 Å². The minimum absolute atomic E-state index is 0.0813. The number of benzene rings is 1. The SMILES string of the molecule is CC[S@@](=O)[C@@H]1CCC[C@H](NC(=O)Nc2cccc(C)c2Cl)C1. The first-order valence-corrected chi connectivity index (χ1v) is 9.47. The fraction of sp³-hybridized carbons (Fsp3) is 0.562. The predicted octanol–water partition coefficient (Wildman–Crippen LogP) is 3.85. The molecule has 0 saturated heterocycles. The summed E-state index contributed by atoms with van der Waals surface area (Å²) in [7, 11) is -0.786. The van der Waals surface area contributed by atoms with Crippen molar-refractivity contribution in [1.82, 2.24) is 5.32 Å². The number of urea groups is 1. The van der Waals surface area contributed by atoms with E-state index in [0.717, 1.165) is 31.2 Å². The van der Waals surface area contributed by atoms with Crippen LogP contribution in [0.4, 0.5) is 10.5 Å². The molecule has 2 amide bonds. The van der Waals surface area contributed by atoms with Gasteiger partial charge in [-0.2, -0.15) is 0 Å². The number of rotatable bonds is 4. The summed E-state index contributed by atoms with van der Waals surface area (Å²) in [6.45, 7) is 3.84. The van der Waals surface area contributed by atoms with Gasteiger partial charge in [-0.25, -0.2) is 4.79 Å². The Morgan fingerprint density at radius 2 is 2.18 bits per heavy atom. The van der Waals surface area contributed by atoms with Crippen molar-refractivity contribution in [1.29, 1.82) is 0 Å². The standard InChI is InChI=1S/C16H23ClN2O2S/c1-3-22(21)13-8-5-7-12(10-13)18-16(20)19-14-9-4-6-11(2)15(14)17/h4,6,9,12-13H,3,5,7-8,10H2,1-2H3,(H2,18,19,20)/t12-,13+,22+/m0/s1. The van der Waals surface area contributed by atoms with Gasteiger partial charge in [-0.1, -0.05) is 37.1 Å². The Hall–Kier alpha value is -1.07. The van der Waals surface area contributed by atoms with Gasteiger partial charge in [-0.3, -0.25) is 4.21 Å². The van der Waals surface area contributed by atoms with Gasteiger partial charge in [0.1, 0.15) is 0 Å². The summed E-state index contributed by atoms with van der Waals surface area (Å²) in [6, 6.07) is 5.37. The number of aryl methyl sites for hydroxylation is 1. The number of amides is 2. The smallest absolute Gasteiger partial charge is 0.319 e. The molecule has 1 aliphatic carbocycles. The second-order valence-corrected chi connectivity index (χ2v) is 8.07. The van der Waals surface area contributed by atoms with Gasteiger partial charge in [0, 0.05) is 27.8 Å². The normalized spacial score (nSPS) is 22.9. The highest BCUT2D eigenvalue weighted by atomic mass is 35.5. The lowest BCUT2D eigenvalue weighted by Crippen LogP contribution is -2.43. The highest BCUT2D eigenvalue weighted by Gasteiger charge is 2.26. The van der Waals surface area contributed by atoms with Crippen molar-refractivity contribution >= 4 is 34.1 Å². The Labute approximate surface area is 139 Å². The largest absolute Gasteiger partial charge is 0.335 e. The average Bonchev–Trinajstić information content (AvgIpc) is 2.51. The summed E-state index contributed by atoms with van der Waals surface area (Å²) < 4.78 is 11.9. The molecule has 1 aromatic carbocycles. The zero-order valence-corrected chi connectivity index (χ0v) is 14.6. The molecule has 2 rings (SSSR count). The van der Waals surface area contributed by atoms with Crippen LogP contribution in [0.25, 0.3) is 0 Å². The van der Waals surface area contributed by atoms with E-state index < -0.39 is 10.8 Å². The van der Waals surface area contributed by atoms with Crippen molar-refractivity contribution in [2.24, 2.45) is 0 Å². The molecule has 3 atom stereocenters. The van der Waals surface area contributed by atoms with Crippen LogP contribution in [0.15, 0.2) is 18.2 Å². The first-order valence-electron chi connectivity index (χ1n) is 7.71. The molecule has 6 heteroatoms. The van der Waals surface area contributed by atoms with Crippen LogP contribution in [0.5, 0.6) is 0 Å². The topological polar surface area (TPSA) is 58.2 Å². The van der Waals surface area contributed by atoms with Crippen molar-refractivity contribution in [3.63, 3.8) is 0 Å². The Balaban J connectivity index is 1.91.